The van der Waals surface area contributed by atoms with Gasteiger partial charge in [0.15, 0.2) is 0 Å². The smallest absolute Gasteiger partial charge is 0.307 e. The maximum Gasteiger partial charge on any atom is 0.307 e. The van der Waals surface area contributed by atoms with Crippen LogP contribution in [0.3, 0.4) is 0 Å². The van der Waals surface area contributed by atoms with Gasteiger partial charge in [-0.2, -0.15) is 0 Å². The monoisotopic (exact) mass is 329 g/mol. The summed E-state index contributed by atoms with van der Waals surface area (Å²) in [4.78, 5) is 23.1. The zero-order valence-corrected chi connectivity index (χ0v) is 11.6. The van der Waals surface area contributed by atoms with E-state index in [-0.39, 0.29) is 10.4 Å². The molecule has 0 heterocycles. The van der Waals surface area contributed by atoms with E-state index >= 15 is 0 Å². The third kappa shape index (κ3) is 3.12. The average molecular weight is 330 g/mol. The number of halogens is 2. The van der Waals surface area contributed by atoms with Crippen molar-refractivity contribution >= 4 is 33.5 Å². The molecule has 1 saturated carbocycles. The van der Waals surface area contributed by atoms with E-state index in [9.17, 15) is 14.0 Å². The maximum atomic E-state index is 13.1. The molecule has 0 radical (unpaired) electrons. The fourth-order valence-electron chi connectivity index (χ4n) is 2.38. The average Bonchev–Trinajstić information content (AvgIpc) is 2.83. The third-order valence-electron chi connectivity index (χ3n) is 3.36. The molecule has 2 atom stereocenters. The molecule has 2 unspecified atom stereocenters. The van der Waals surface area contributed by atoms with Crippen molar-refractivity contribution in [3.63, 3.8) is 0 Å². The highest BCUT2D eigenvalue weighted by molar-refractivity contribution is 9.10. The number of rotatable bonds is 3. The summed E-state index contributed by atoms with van der Waals surface area (Å²) >= 11 is 3.03. The second kappa shape index (κ2) is 5.69. The van der Waals surface area contributed by atoms with Crippen molar-refractivity contribution in [2.24, 2.45) is 11.8 Å². The van der Waals surface area contributed by atoms with Crippen molar-refractivity contribution in [3.05, 3.63) is 28.5 Å². The van der Waals surface area contributed by atoms with Crippen LogP contribution in [-0.2, 0) is 9.59 Å². The molecule has 1 aromatic carbocycles. The normalized spacial score (nSPS) is 22.2. The van der Waals surface area contributed by atoms with E-state index in [2.05, 4.69) is 21.2 Å². The molecule has 0 aliphatic heterocycles. The lowest BCUT2D eigenvalue weighted by atomic mass is 9.95. The first kappa shape index (κ1) is 14.0. The Morgan fingerprint density at radius 1 is 1.32 bits per heavy atom. The summed E-state index contributed by atoms with van der Waals surface area (Å²) in [5, 5.41) is 11.7. The van der Waals surface area contributed by atoms with Gasteiger partial charge in [-0.15, -0.1) is 0 Å². The summed E-state index contributed by atoms with van der Waals surface area (Å²) < 4.78 is 13.3. The van der Waals surface area contributed by atoms with Gasteiger partial charge in [0, 0.05) is 5.69 Å². The summed E-state index contributed by atoms with van der Waals surface area (Å²) in [6, 6.07) is 4.14. The number of carbonyl (C=O) groups excluding carboxylic acids is 1. The number of amides is 1. The number of carboxylic acids is 1. The number of anilines is 1. The Balaban J connectivity index is 2.08. The Morgan fingerprint density at radius 3 is 2.63 bits per heavy atom. The van der Waals surface area contributed by atoms with E-state index in [1.807, 2.05) is 0 Å². The van der Waals surface area contributed by atoms with E-state index in [4.69, 9.17) is 5.11 Å². The Morgan fingerprint density at radius 2 is 2.00 bits per heavy atom. The molecular weight excluding hydrogens is 317 g/mol. The van der Waals surface area contributed by atoms with Crippen LogP contribution in [0.5, 0.6) is 0 Å². The van der Waals surface area contributed by atoms with Gasteiger partial charge in [-0.1, -0.05) is 6.42 Å². The second-order valence-corrected chi connectivity index (χ2v) is 5.45. The van der Waals surface area contributed by atoms with Crippen LogP contribution in [0.1, 0.15) is 19.3 Å². The number of hydrogen-bond donors (Lipinski definition) is 2. The molecule has 0 bridgehead atoms. The Kier molecular flexibility index (Phi) is 4.19. The molecule has 6 heteroatoms. The molecule has 0 saturated heterocycles. The zero-order valence-electron chi connectivity index (χ0n) is 10.0. The number of hydrogen-bond acceptors (Lipinski definition) is 2. The molecule has 2 N–H and O–H groups in total. The predicted octanol–water partition coefficient (Wildman–Crippen LogP) is 3.03. The molecule has 19 heavy (non-hydrogen) atoms. The molecule has 1 fully saturated rings. The number of benzene rings is 1. The Labute approximate surface area is 118 Å². The van der Waals surface area contributed by atoms with E-state index in [1.54, 1.807) is 0 Å². The molecule has 2 rings (SSSR count). The number of nitrogens with one attached hydrogen (secondary N) is 1. The maximum absolute atomic E-state index is 13.1. The molecule has 102 valence electrons. The van der Waals surface area contributed by atoms with Crippen LogP contribution in [0, 0.1) is 17.7 Å². The summed E-state index contributed by atoms with van der Waals surface area (Å²) in [5.41, 5.74) is 0.453. The topological polar surface area (TPSA) is 66.4 Å². The van der Waals surface area contributed by atoms with Gasteiger partial charge in [0.2, 0.25) is 5.91 Å². The van der Waals surface area contributed by atoms with Crippen LogP contribution in [0.2, 0.25) is 0 Å². The van der Waals surface area contributed by atoms with Crippen molar-refractivity contribution in [1.82, 2.24) is 0 Å². The highest BCUT2D eigenvalue weighted by Crippen LogP contribution is 2.33. The largest absolute Gasteiger partial charge is 0.481 e. The lowest BCUT2D eigenvalue weighted by Crippen LogP contribution is -2.29. The van der Waals surface area contributed by atoms with Crippen molar-refractivity contribution in [2.75, 3.05) is 5.32 Å². The number of carbonyl (C=O) groups is 2. The highest BCUT2D eigenvalue weighted by atomic mass is 79.9. The molecule has 0 spiro atoms. The summed E-state index contributed by atoms with van der Waals surface area (Å²) in [6.45, 7) is 0. The van der Waals surface area contributed by atoms with Crippen molar-refractivity contribution in [1.29, 1.82) is 0 Å². The van der Waals surface area contributed by atoms with Crippen LogP contribution in [0.15, 0.2) is 22.7 Å². The van der Waals surface area contributed by atoms with Crippen LogP contribution < -0.4 is 5.32 Å². The minimum absolute atomic E-state index is 0.256. The van der Waals surface area contributed by atoms with Gasteiger partial charge in [-0.3, -0.25) is 9.59 Å². The second-order valence-electron chi connectivity index (χ2n) is 4.60. The first-order valence-corrected chi connectivity index (χ1v) is 6.77. The quantitative estimate of drug-likeness (QED) is 0.895. The Hall–Kier alpha value is -1.43. The number of carboxylic acid groups (broad SMARTS) is 1. The molecule has 0 aromatic heterocycles. The molecule has 1 aliphatic rings. The first-order valence-electron chi connectivity index (χ1n) is 5.98. The van der Waals surface area contributed by atoms with Crippen LogP contribution in [-0.4, -0.2) is 17.0 Å². The Bertz CT molecular complexity index is 521. The SMILES string of the molecule is O=C(O)C1CCCC1C(=O)Nc1ccc(F)c(Br)c1. The molecular formula is C13H13BrFNO3. The zero-order chi connectivity index (χ0) is 14.0. The minimum atomic E-state index is -0.932. The van der Waals surface area contributed by atoms with Gasteiger partial charge < -0.3 is 10.4 Å². The molecule has 1 aromatic rings. The lowest BCUT2D eigenvalue weighted by molar-refractivity contribution is -0.145. The molecule has 1 amide bonds. The van der Waals surface area contributed by atoms with Gasteiger partial charge in [-0.05, 0) is 47.0 Å². The fourth-order valence-corrected chi connectivity index (χ4v) is 2.76. The minimum Gasteiger partial charge on any atom is -0.481 e. The third-order valence-corrected chi connectivity index (χ3v) is 3.96. The van der Waals surface area contributed by atoms with Crippen LogP contribution in [0.4, 0.5) is 10.1 Å². The fraction of sp³-hybridized carbons (Fsp3) is 0.385. The van der Waals surface area contributed by atoms with Gasteiger partial charge in [-0.25, -0.2) is 4.39 Å². The van der Waals surface area contributed by atoms with E-state index < -0.39 is 23.6 Å². The van der Waals surface area contributed by atoms with Crippen LogP contribution >= 0.6 is 15.9 Å². The summed E-state index contributed by atoms with van der Waals surface area (Å²) in [7, 11) is 0. The lowest BCUT2D eigenvalue weighted by Gasteiger charge is -2.15. The summed E-state index contributed by atoms with van der Waals surface area (Å²) in [5.74, 6) is -2.80. The summed E-state index contributed by atoms with van der Waals surface area (Å²) in [6.07, 6.45) is 1.84. The standard InChI is InChI=1S/C13H13BrFNO3/c14-10-6-7(4-5-11(10)15)16-12(17)8-2-1-3-9(8)13(18)19/h4-6,8-9H,1-3H2,(H,16,17)(H,18,19). The van der Waals surface area contributed by atoms with Gasteiger partial charge >= 0.3 is 5.97 Å². The van der Waals surface area contributed by atoms with Gasteiger partial charge in [0.25, 0.3) is 0 Å². The first-order chi connectivity index (χ1) is 8.99. The van der Waals surface area contributed by atoms with E-state index in [1.165, 1.54) is 18.2 Å². The van der Waals surface area contributed by atoms with Crippen molar-refractivity contribution in [3.8, 4) is 0 Å². The highest BCUT2D eigenvalue weighted by Gasteiger charge is 2.37. The van der Waals surface area contributed by atoms with Crippen molar-refractivity contribution < 1.29 is 19.1 Å². The van der Waals surface area contributed by atoms with Gasteiger partial charge in [0.05, 0.1) is 16.3 Å². The van der Waals surface area contributed by atoms with Crippen LogP contribution in [0.25, 0.3) is 0 Å². The molecule has 4 nitrogen and oxygen atoms in total. The number of aliphatic carboxylic acids is 1. The van der Waals surface area contributed by atoms with Gasteiger partial charge in [0.1, 0.15) is 5.82 Å². The van der Waals surface area contributed by atoms with Crippen molar-refractivity contribution in [2.45, 2.75) is 19.3 Å². The predicted molar refractivity (Wildman–Crippen MR) is 71.2 cm³/mol. The van der Waals surface area contributed by atoms with E-state index in [0.29, 0.717) is 18.5 Å². The molecule has 1 aliphatic carbocycles. The van der Waals surface area contributed by atoms with E-state index in [0.717, 1.165) is 6.42 Å².